The first-order valence-corrected chi connectivity index (χ1v) is 7.41. The van der Waals surface area contributed by atoms with E-state index in [1.165, 1.54) is 0 Å². The number of methoxy groups -OCH3 is 1. The van der Waals surface area contributed by atoms with Gasteiger partial charge in [0.25, 0.3) is 5.91 Å². The Bertz CT molecular complexity index is 629. The van der Waals surface area contributed by atoms with Crippen LogP contribution in [0.2, 0.25) is 0 Å². The number of benzene rings is 1. The van der Waals surface area contributed by atoms with Crippen LogP contribution in [-0.4, -0.2) is 51.4 Å². The van der Waals surface area contributed by atoms with Gasteiger partial charge in [-0.2, -0.15) is 0 Å². The Kier molecular flexibility index (Phi) is 3.94. The second-order valence-corrected chi connectivity index (χ2v) is 5.86. The number of likely N-dealkylation sites (tertiary alicyclic amines) is 1. The summed E-state index contributed by atoms with van der Waals surface area (Å²) in [6.07, 6.45) is 5.00. The molecule has 2 heterocycles. The smallest absolute Gasteiger partial charge is 0.253 e. The Balaban J connectivity index is 1.68. The van der Waals surface area contributed by atoms with E-state index in [0.717, 1.165) is 31.6 Å². The summed E-state index contributed by atoms with van der Waals surface area (Å²) in [6.45, 7) is 3.56. The number of carbonyl (C=O) groups is 1. The van der Waals surface area contributed by atoms with Crippen LogP contribution in [0.1, 0.15) is 30.1 Å². The molecule has 6 nitrogen and oxygen atoms in total. The maximum absolute atomic E-state index is 12.6. The second-order valence-electron chi connectivity index (χ2n) is 5.86. The van der Waals surface area contributed by atoms with Gasteiger partial charge in [-0.05, 0) is 44.0 Å². The minimum Gasteiger partial charge on any atom is -0.378 e. The number of ether oxygens (including phenoxy) is 1. The Labute approximate surface area is 129 Å². The van der Waals surface area contributed by atoms with E-state index in [1.807, 2.05) is 29.2 Å². The molecule has 0 N–H and O–H groups in total. The van der Waals surface area contributed by atoms with Gasteiger partial charge in [0.1, 0.15) is 12.7 Å². The highest BCUT2D eigenvalue weighted by atomic mass is 16.5. The van der Waals surface area contributed by atoms with Crippen LogP contribution in [0.3, 0.4) is 0 Å². The first-order valence-electron chi connectivity index (χ1n) is 7.41. The van der Waals surface area contributed by atoms with Crippen molar-refractivity contribution in [1.29, 1.82) is 0 Å². The summed E-state index contributed by atoms with van der Waals surface area (Å²) in [7, 11) is 1.74. The highest BCUT2D eigenvalue weighted by molar-refractivity contribution is 5.94. The summed E-state index contributed by atoms with van der Waals surface area (Å²) in [5, 5.41) is 7.55. The summed E-state index contributed by atoms with van der Waals surface area (Å²) >= 11 is 0. The predicted molar refractivity (Wildman–Crippen MR) is 81.9 cm³/mol. The molecule has 116 valence electrons. The van der Waals surface area contributed by atoms with Gasteiger partial charge < -0.3 is 9.64 Å². The molecule has 0 unspecified atom stereocenters. The van der Waals surface area contributed by atoms with Crippen molar-refractivity contribution < 1.29 is 9.53 Å². The van der Waals surface area contributed by atoms with Crippen LogP contribution >= 0.6 is 0 Å². The molecule has 22 heavy (non-hydrogen) atoms. The zero-order valence-corrected chi connectivity index (χ0v) is 12.9. The van der Waals surface area contributed by atoms with Gasteiger partial charge in [-0.25, -0.2) is 0 Å². The lowest BCUT2D eigenvalue weighted by Gasteiger charge is -2.38. The fourth-order valence-electron chi connectivity index (χ4n) is 2.68. The molecule has 1 amide bonds. The SMILES string of the molecule is COC1(C)CCN(C(=O)c2ccc(-n3cnnc3)cc2)CC1. The lowest BCUT2D eigenvalue weighted by Crippen LogP contribution is -2.46. The number of hydrogen-bond acceptors (Lipinski definition) is 4. The number of piperidine rings is 1. The van der Waals surface area contributed by atoms with Crippen molar-refractivity contribution in [3.05, 3.63) is 42.5 Å². The van der Waals surface area contributed by atoms with E-state index >= 15 is 0 Å². The van der Waals surface area contributed by atoms with Crippen LogP contribution in [0, 0.1) is 0 Å². The third-order valence-corrected chi connectivity index (χ3v) is 4.43. The topological polar surface area (TPSA) is 60.2 Å². The number of aromatic nitrogens is 3. The van der Waals surface area contributed by atoms with E-state index in [2.05, 4.69) is 17.1 Å². The lowest BCUT2D eigenvalue weighted by atomic mass is 9.93. The van der Waals surface area contributed by atoms with Crippen LogP contribution in [0.4, 0.5) is 0 Å². The van der Waals surface area contributed by atoms with Gasteiger partial charge in [0, 0.05) is 31.5 Å². The van der Waals surface area contributed by atoms with Gasteiger partial charge in [0.2, 0.25) is 0 Å². The normalized spacial score (nSPS) is 17.5. The Morgan fingerprint density at radius 1 is 1.14 bits per heavy atom. The number of rotatable bonds is 3. The predicted octanol–water partition coefficient (Wildman–Crippen LogP) is 1.91. The largest absolute Gasteiger partial charge is 0.378 e. The first kappa shape index (κ1) is 14.7. The summed E-state index contributed by atoms with van der Waals surface area (Å²) in [4.78, 5) is 14.4. The minimum atomic E-state index is -0.102. The Morgan fingerprint density at radius 2 is 1.73 bits per heavy atom. The van der Waals surface area contributed by atoms with Gasteiger partial charge in [-0.1, -0.05) is 0 Å². The highest BCUT2D eigenvalue weighted by Crippen LogP contribution is 2.25. The van der Waals surface area contributed by atoms with Crippen molar-refractivity contribution in [2.24, 2.45) is 0 Å². The van der Waals surface area contributed by atoms with Gasteiger partial charge in [-0.3, -0.25) is 9.36 Å². The molecular weight excluding hydrogens is 280 g/mol. The first-order chi connectivity index (χ1) is 10.6. The molecule has 0 radical (unpaired) electrons. The summed E-state index contributed by atoms with van der Waals surface area (Å²) in [6, 6.07) is 7.50. The van der Waals surface area contributed by atoms with E-state index in [0.29, 0.717) is 5.56 Å². The summed E-state index contributed by atoms with van der Waals surface area (Å²) in [5.74, 6) is 0.0773. The average Bonchev–Trinajstić information content (AvgIpc) is 3.10. The molecule has 1 saturated heterocycles. The van der Waals surface area contributed by atoms with E-state index < -0.39 is 0 Å². The molecule has 1 aliphatic rings. The minimum absolute atomic E-state index is 0.0773. The molecule has 1 aromatic heterocycles. The number of carbonyl (C=O) groups excluding carboxylic acids is 1. The third-order valence-electron chi connectivity index (χ3n) is 4.43. The van der Waals surface area contributed by atoms with Crippen molar-refractivity contribution >= 4 is 5.91 Å². The molecule has 0 spiro atoms. The van der Waals surface area contributed by atoms with Gasteiger partial charge in [-0.15, -0.1) is 10.2 Å². The molecule has 0 atom stereocenters. The maximum Gasteiger partial charge on any atom is 0.253 e. The van der Waals surface area contributed by atoms with Crippen LogP contribution in [0.5, 0.6) is 0 Å². The molecule has 1 fully saturated rings. The van der Waals surface area contributed by atoms with E-state index in [1.54, 1.807) is 24.3 Å². The summed E-state index contributed by atoms with van der Waals surface area (Å²) in [5.41, 5.74) is 1.54. The van der Waals surface area contributed by atoms with Crippen molar-refractivity contribution in [2.45, 2.75) is 25.4 Å². The van der Waals surface area contributed by atoms with Crippen molar-refractivity contribution in [3.63, 3.8) is 0 Å². The number of nitrogens with zero attached hydrogens (tertiary/aromatic N) is 4. The second kappa shape index (κ2) is 5.88. The van der Waals surface area contributed by atoms with Crippen LogP contribution in [0.15, 0.2) is 36.9 Å². The molecule has 0 saturated carbocycles. The fourth-order valence-corrected chi connectivity index (χ4v) is 2.68. The lowest BCUT2D eigenvalue weighted by molar-refractivity contribution is -0.0379. The molecule has 2 aromatic rings. The third kappa shape index (κ3) is 2.87. The monoisotopic (exact) mass is 300 g/mol. The quantitative estimate of drug-likeness (QED) is 0.869. The molecule has 3 rings (SSSR count). The highest BCUT2D eigenvalue weighted by Gasteiger charge is 2.31. The Morgan fingerprint density at radius 3 is 2.27 bits per heavy atom. The molecule has 0 bridgehead atoms. The van der Waals surface area contributed by atoms with E-state index in [9.17, 15) is 4.79 Å². The van der Waals surface area contributed by atoms with Crippen molar-refractivity contribution in [2.75, 3.05) is 20.2 Å². The van der Waals surface area contributed by atoms with E-state index in [4.69, 9.17) is 4.74 Å². The molecule has 0 aliphatic carbocycles. The van der Waals surface area contributed by atoms with Gasteiger partial charge in [0.05, 0.1) is 5.60 Å². The van der Waals surface area contributed by atoms with Crippen LogP contribution in [-0.2, 0) is 4.74 Å². The van der Waals surface area contributed by atoms with Gasteiger partial charge >= 0.3 is 0 Å². The average molecular weight is 300 g/mol. The van der Waals surface area contributed by atoms with Crippen molar-refractivity contribution in [3.8, 4) is 5.69 Å². The van der Waals surface area contributed by atoms with Gasteiger partial charge in [0.15, 0.2) is 0 Å². The zero-order valence-electron chi connectivity index (χ0n) is 12.9. The zero-order chi connectivity index (χ0) is 15.6. The summed E-state index contributed by atoms with van der Waals surface area (Å²) < 4.78 is 7.32. The standard InChI is InChI=1S/C16H20N4O2/c1-16(22-2)7-9-19(10-8-16)15(21)13-3-5-14(6-4-13)20-11-17-18-12-20/h3-6,11-12H,7-10H2,1-2H3. The molecule has 1 aromatic carbocycles. The fraction of sp³-hybridized carbons (Fsp3) is 0.438. The molecule has 6 heteroatoms. The van der Waals surface area contributed by atoms with Crippen LogP contribution < -0.4 is 0 Å². The Hall–Kier alpha value is -2.21. The molecule has 1 aliphatic heterocycles. The number of amides is 1. The number of hydrogen-bond donors (Lipinski definition) is 0. The van der Waals surface area contributed by atoms with Crippen molar-refractivity contribution in [1.82, 2.24) is 19.7 Å². The van der Waals surface area contributed by atoms with Crippen LogP contribution in [0.25, 0.3) is 5.69 Å². The maximum atomic E-state index is 12.6. The van der Waals surface area contributed by atoms with E-state index in [-0.39, 0.29) is 11.5 Å². The molecular formula is C16H20N4O2.